The highest BCUT2D eigenvalue weighted by Crippen LogP contribution is 1.98. The van der Waals surface area contributed by atoms with Gasteiger partial charge in [-0.15, -0.1) is 0 Å². The highest BCUT2D eigenvalue weighted by Gasteiger charge is 2.00. The van der Waals surface area contributed by atoms with E-state index in [0.29, 0.717) is 6.04 Å². The average molecular weight is 172 g/mol. The van der Waals surface area contributed by atoms with E-state index in [2.05, 4.69) is 31.0 Å². The summed E-state index contributed by atoms with van der Waals surface area (Å²) in [6.45, 7) is 10.3. The van der Waals surface area contributed by atoms with Gasteiger partial charge in [0.25, 0.3) is 0 Å². The van der Waals surface area contributed by atoms with E-state index in [1.807, 2.05) is 7.05 Å². The normalized spacial score (nSPS) is 13.8. The van der Waals surface area contributed by atoms with Crippen LogP contribution in [0.4, 0.5) is 0 Å². The minimum atomic E-state index is 0.667. The molecule has 2 heteroatoms. The Morgan fingerprint density at radius 3 is 2.25 bits per heavy atom. The zero-order valence-electron chi connectivity index (χ0n) is 9.06. The predicted octanol–water partition coefficient (Wildman–Crippen LogP) is 1.72. The molecule has 0 radical (unpaired) electrons. The van der Waals surface area contributed by atoms with Crippen LogP contribution in [0.5, 0.6) is 0 Å². The third kappa shape index (κ3) is 5.56. The van der Waals surface area contributed by atoms with Crippen LogP contribution >= 0.6 is 0 Å². The maximum absolute atomic E-state index is 3.26. The van der Waals surface area contributed by atoms with Crippen LogP contribution in [0.15, 0.2) is 0 Å². The quantitative estimate of drug-likeness (QED) is 0.629. The molecule has 2 nitrogen and oxygen atoms in total. The second-order valence-electron chi connectivity index (χ2n) is 3.36. The molecule has 0 bridgehead atoms. The second kappa shape index (κ2) is 7.56. The van der Waals surface area contributed by atoms with Crippen LogP contribution in [0.3, 0.4) is 0 Å². The van der Waals surface area contributed by atoms with E-state index >= 15 is 0 Å². The second-order valence-corrected chi connectivity index (χ2v) is 3.36. The van der Waals surface area contributed by atoms with Crippen LogP contribution in [0.1, 0.15) is 33.6 Å². The van der Waals surface area contributed by atoms with Crippen LogP contribution in [-0.2, 0) is 0 Å². The lowest BCUT2D eigenvalue weighted by atomic mass is 10.2. The first-order valence-corrected chi connectivity index (χ1v) is 5.14. The van der Waals surface area contributed by atoms with Crippen molar-refractivity contribution in [3.8, 4) is 0 Å². The van der Waals surface area contributed by atoms with Crippen LogP contribution in [0.25, 0.3) is 0 Å². The fourth-order valence-corrected chi connectivity index (χ4v) is 1.31. The molecule has 74 valence electrons. The molecule has 12 heavy (non-hydrogen) atoms. The lowest BCUT2D eigenvalue weighted by molar-refractivity contribution is 0.291. The maximum Gasteiger partial charge on any atom is 0.00362 e. The summed E-state index contributed by atoms with van der Waals surface area (Å²) in [6.07, 6.45) is 2.59. The van der Waals surface area contributed by atoms with Crippen molar-refractivity contribution in [1.29, 1.82) is 0 Å². The fraction of sp³-hybridized carbons (Fsp3) is 1.00. The van der Waals surface area contributed by atoms with Gasteiger partial charge in [-0.3, -0.25) is 0 Å². The molecule has 1 atom stereocenters. The monoisotopic (exact) mass is 172 g/mol. The summed E-state index contributed by atoms with van der Waals surface area (Å²) >= 11 is 0. The molecule has 0 saturated carbocycles. The SMILES string of the molecule is CCN(CC)CCC[C@@H](C)NC. The van der Waals surface area contributed by atoms with Gasteiger partial charge in [0, 0.05) is 6.04 Å². The summed E-state index contributed by atoms with van der Waals surface area (Å²) in [5.41, 5.74) is 0. The highest BCUT2D eigenvalue weighted by atomic mass is 15.1. The smallest absolute Gasteiger partial charge is 0.00362 e. The van der Waals surface area contributed by atoms with E-state index in [-0.39, 0.29) is 0 Å². The van der Waals surface area contributed by atoms with Gasteiger partial charge in [0.05, 0.1) is 0 Å². The molecule has 0 amide bonds. The maximum atomic E-state index is 3.26. The summed E-state index contributed by atoms with van der Waals surface area (Å²) in [7, 11) is 2.03. The molecule has 0 aromatic rings. The van der Waals surface area contributed by atoms with Gasteiger partial charge >= 0.3 is 0 Å². The minimum Gasteiger partial charge on any atom is -0.317 e. The first kappa shape index (κ1) is 11.9. The lowest BCUT2D eigenvalue weighted by Gasteiger charge is -2.18. The summed E-state index contributed by atoms with van der Waals surface area (Å²) < 4.78 is 0. The zero-order chi connectivity index (χ0) is 9.40. The van der Waals surface area contributed by atoms with Crippen molar-refractivity contribution in [2.24, 2.45) is 0 Å². The van der Waals surface area contributed by atoms with Gasteiger partial charge in [0.1, 0.15) is 0 Å². The van der Waals surface area contributed by atoms with E-state index in [1.165, 1.54) is 32.5 Å². The van der Waals surface area contributed by atoms with E-state index in [9.17, 15) is 0 Å². The molecule has 0 fully saturated rings. The van der Waals surface area contributed by atoms with E-state index in [0.717, 1.165) is 0 Å². The number of nitrogens with zero attached hydrogens (tertiary/aromatic N) is 1. The Morgan fingerprint density at radius 1 is 1.25 bits per heavy atom. The molecule has 0 aliphatic carbocycles. The molecule has 0 rings (SSSR count). The Labute approximate surface area is 77.3 Å². The van der Waals surface area contributed by atoms with Crippen LogP contribution in [-0.4, -0.2) is 37.6 Å². The predicted molar refractivity (Wildman–Crippen MR) is 55.5 cm³/mol. The van der Waals surface area contributed by atoms with Crippen molar-refractivity contribution in [3.63, 3.8) is 0 Å². The van der Waals surface area contributed by atoms with Gasteiger partial charge in [-0.1, -0.05) is 13.8 Å². The van der Waals surface area contributed by atoms with E-state index in [4.69, 9.17) is 0 Å². The lowest BCUT2D eigenvalue weighted by Crippen LogP contribution is -2.27. The molecule has 0 saturated heterocycles. The van der Waals surface area contributed by atoms with Crippen molar-refractivity contribution < 1.29 is 0 Å². The number of nitrogens with one attached hydrogen (secondary N) is 1. The van der Waals surface area contributed by atoms with E-state index < -0.39 is 0 Å². The third-order valence-corrected chi connectivity index (χ3v) is 2.50. The largest absolute Gasteiger partial charge is 0.317 e. The van der Waals surface area contributed by atoms with Crippen LogP contribution in [0, 0.1) is 0 Å². The van der Waals surface area contributed by atoms with Gasteiger partial charge in [0.15, 0.2) is 0 Å². The molecular weight excluding hydrogens is 148 g/mol. The summed E-state index contributed by atoms with van der Waals surface area (Å²) in [4.78, 5) is 2.47. The third-order valence-electron chi connectivity index (χ3n) is 2.50. The van der Waals surface area contributed by atoms with Gasteiger partial charge in [-0.05, 0) is 46.4 Å². The van der Waals surface area contributed by atoms with Gasteiger partial charge < -0.3 is 10.2 Å². The summed E-state index contributed by atoms with van der Waals surface area (Å²) in [5.74, 6) is 0. The molecule has 0 aliphatic rings. The standard InChI is InChI=1S/C10H24N2/c1-5-12(6-2)9-7-8-10(3)11-4/h10-11H,5-9H2,1-4H3/t10-/m1/s1. The number of rotatable bonds is 7. The van der Waals surface area contributed by atoms with Crippen molar-refractivity contribution in [3.05, 3.63) is 0 Å². The van der Waals surface area contributed by atoms with Gasteiger partial charge in [0.2, 0.25) is 0 Å². The number of hydrogen-bond acceptors (Lipinski definition) is 2. The van der Waals surface area contributed by atoms with E-state index in [1.54, 1.807) is 0 Å². The van der Waals surface area contributed by atoms with Crippen molar-refractivity contribution in [1.82, 2.24) is 10.2 Å². The van der Waals surface area contributed by atoms with Crippen molar-refractivity contribution >= 4 is 0 Å². The first-order valence-electron chi connectivity index (χ1n) is 5.14. The molecule has 0 heterocycles. The van der Waals surface area contributed by atoms with Gasteiger partial charge in [-0.2, -0.15) is 0 Å². The van der Waals surface area contributed by atoms with Crippen LogP contribution in [0.2, 0.25) is 0 Å². The summed E-state index contributed by atoms with van der Waals surface area (Å²) in [6, 6.07) is 0.667. The summed E-state index contributed by atoms with van der Waals surface area (Å²) in [5, 5.41) is 3.26. The number of hydrogen-bond donors (Lipinski definition) is 1. The molecule has 0 aliphatic heterocycles. The van der Waals surface area contributed by atoms with Crippen LogP contribution < -0.4 is 5.32 Å². The van der Waals surface area contributed by atoms with Gasteiger partial charge in [-0.25, -0.2) is 0 Å². The first-order chi connectivity index (χ1) is 5.74. The Bertz CT molecular complexity index is 89.8. The molecule has 0 spiro atoms. The highest BCUT2D eigenvalue weighted by molar-refractivity contribution is 4.59. The minimum absolute atomic E-state index is 0.667. The van der Waals surface area contributed by atoms with Crippen molar-refractivity contribution in [2.75, 3.05) is 26.7 Å². The Morgan fingerprint density at radius 2 is 1.83 bits per heavy atom. The van der Waals surface area contributed by atoms with Crippen molar-refractivity contribution in [2.45, 2.75) is 39.7 Å². The Hall–Kier alpha value is -0.0800. The average Bonchev–Trinajstić information content (AvgIpc) is 2.12. The zero-order valence-corrected chi connectivity index (χ0v) is 9.06. The molecule has 0 aromatic carbocycles. The fourth-order valence-electron chi connectivity index (χ4n) is 1.31. The molecule has 0 unspecified atom stereocenters. The molecule has 0 aromatic heterocycles. The Balaban J connectivity index is 3.28. The molecule has 1 N–H and O–H groups in total. The Kier molecular flexibility index (Phi) is 7.51. The topological polar surface area (TPSA) is 15.3 Å². The molecular formula is C10H24N2.